The number of hydrogen-bond acceptors (Lipinski definition) is 3. The first-order valence-corrected chi connectivity index (χ1v) is 4.68. The van der Waals surface area contributed by atoms with Crippen LogP contribution in [0.4, 0.5) is 0 Å². The van der Waals surface area contributed by atoms with Crippen molar-refractivity contribution in [3.05, 3.63) is 0 Å². The quantitative estimate of drug-likeness (QED) is 0.361. The maximum atomic E-state index is 9.88. The molecule has 0 aromatic heterocycles. The van der Waals surface area contributed by atoms with E-state index >= 15 is 0 Å². The van der Waals surface area contributed by atoms with E-state index in [9.17, 15) is 4.79 Å². The Morgan fingerprint density at radius 2 is 2.10 bits per heavy atom. The molecule has 1 atom stereocenters. The lowest BCUT2D eigenvalue weighted by molar-refractivity contribution is -0.107. The molecule has 0 saturated carbocycles. The van der Waals surface area contributed by atoms with Gasteiger partial charge in [-0.3, -0.25) is 0 Å². The summed E-state index contributed by atoms with van der Waals surface area (Å²) in [5.74, 6) is 0.824. The molecular formula is C7H14OS2. The van der Waals surface area contributed by atoms with E-state index in [4.69, 9.17) is 0 Å². The fraction of sp³-hybridized carbons (Fsp3) is 0.857. The highest BCUT2D eigenvalue weighted by Crippen LogP contribution is 2.08. The molecule has 0 aliphatic heterocycles. The highest BCUT2D eigenvalue weighted by molar-refractivity contribution is 7.84. The molecule has 0 rings (SSSR count). The molecule has 10 heavy (non-hydrogen) atoms. The first-order chi connectivity index (χ1) is 4.81. The van der Waals surface area contributed by atoms with Crippen molar-refractivity contribution < 1.29 is 4.79 Å². The highest BCUT2D eigenvalue weighted by Gasteiger charge is 1.98. The third kappa shape index (κ3) is 6.49. The summed E-state index contributed by atoms with van der Waals surface area (Å²) >= 11 is 8.36. The van der Waals surface area contributed by atoms with Crippen molar-refractivity contribution in [1.82, 2.24) is 0 Å². The van der Waals surface area contributed by atoms with Gasteiger partial charge in [-0.25, -0.2) is 0 Å². The Kier molecular flexibility index (Phi) is 7.75. The zero-order chi connectivity index (χ0) is 7.82. The summed E-state index contributed by atoms with van der Waals surface area (Å²) in [5, 5.41) is 0.398. The van der Waals surface area contributed by atoms with E-state index in [1.165, 1.54) is 0 Å². The molecule has 0 amide bonds. The molecule has 0 radical (unpaired) electrons. The van der Waals surface area contributed by atoms with E-state index in [2.05, 4.69) is 25.3 Å². The van der Waals surface area contributed by atoms with Gasteiger partial charge in [-0.1, -0.05) is 6.42 Å². The number of thiol groups is 2. The monoisotopic (exact) mass is 178 g/mol. The van der Waals surface area contributed by atoms with Gasteiger partial charge < -0.3 is 4.79 Å². The molecule has 0 aromatic rings. The molecule has 0 aromatic carbocycles. The Hall–Kier alpha value is 0.370. The number of hydrogen-bond donors (Lipinski definition) is 2. The van der Waals surface area contributed by atoms with Gasteiger partial charge in [-0.2, -0.15) is 25.3 Å². The Bertz CT molecular complexity index is 85.7. The standard InChI is InChI=1S/C7H14OS2/c8-5-3-1-2-4-7(10)6-9/h5,7,9-10H,1-4,6H2. The molecule has 0 fully saturated rings. The summed E-state index contributed by atoms with van der Waals surface area (Å²) in [7, 11) is 0. The number of carbonyl (C=O) groups is 1. The lowest BCUT2D eigenvalue weighted by Crippen LogP contribution is -1.99. The fourth-order valence-electron chi connectivity index (χ4n) is 0.699. The molecule has 0 aliphatic rings. The molecular weight excluding hydrogens is 164 g/mol. The van der Waals surface area contributed by atoms with E-state index in [0.717, 1.165) is 31.3 Å². The van der Waals surface area contributed by atoms with Gasteiger partial charge in [0.25, 0.3) is 0 Å². The Morgan fingerprint density at radius 3 is 2.60 bits per heavy atom. The first-order valence-electron chi connectivity index (χ1n) is 3.53. The number of carbonyl (C=O) groups excluding carboxylic acids is 1. The molecule has 3 heteroatoms. The third-order valence-electron chi connectivity index (χ3n) is 1.32. The van der Waals surface area contributed by atoms with Crippen LogP contribution in [0.5, 0.6) is 0 Å². The van der Waals surface area contributed by atoms with Gasteiger partial charge in [0.05, 0.1) is 0 Å². The van der Waals surface area contributed by atoms with Crippen LogP contribution in [0.3, 0.4) is 0 Å². The fourth-order valence-corrected chi connectivity index (χ4v) is 1.06. The molecule has 1 unspecified atom stereocenters. The van der Waals surface area contributed by atoms with Crippen LogP contribution >= 0.6 is 25.3 Å². The number of aldehydes is 1. The van der Waals surface area contributed by atoms with Crippen LogP contribution in [0.15, 0.2) is 0 Å². The van der Waals surface area contributed by atoms with Gasteiger partial charge in [0.2, 0.25) is 0 Å². The number of unbranched alkanes of at least 4 members (excludes halogenated alkanes) is 2. The molecule has 0 bridgehead atoms. The van der Waals surface area contributed by atoms with Crippen LogP contribution in [0.2, 0.25) is 0 Å². The van der Waals surface area contributed by atoms with Crippen molar-refractivity contribution in [1.29, 1.82) is 0 Å². The smallest absolute Gasteiger partial charge is 0.119 e. The number of rotatable bonds is 6. The van der Waals surface area contributed by atoms with Crippen molar-refractivity contribution in [2.24, 2.45) is 0 Å². The second kappa shape index (κ2) is 7.48. The molecule has 60 valence electrons. The Balaban J connectivity index is 2.95. The van der Waals surface area contributed by atoms with E-state index in [-0.39, 0.29) is 0 Å². The largest absolute Gasteiger partial charge is 0.303 e. The minimum absolute atomic E-state index is 0.398. The van der Waals surface area contributed by atoms with Crippen molar-refractivity contribution in [2.45, 2.75) is 30.9 Å². The molecule has 0 aliphatic carbocycles. The van der Waals surface area contributed by atoms with Crippen molar-refractivity contribution >= 4 is 31.5 Å². The van der Waals surface area contributed by atoms with Crippen LogP contribution in [0.25, 0.3) is 0 Å². The summed E-state index contributed by atoms with van der Waals surface area (Å²) in [6.45, 7) is 0. The maximum Gasteiger partial charge on any atom is 0.119 e. The predicted octanol–water partition coefficient (Wildman–Crippen LogP) is 1.97. The second-order valence-corrected chi connectivity index (χ2v) is 3.38. The van der Waals surface area contributed by atoms with Crippen molar-refractivity contribution in [3.63, 3.8) is 0 Å². The van der Waals surface area contributed by atoms with Crippen LogP contribution in [0.1, 0.15) is 25.7 Å². The summed E-state index contributed by atoms with van der Waals surface area (Å²) < 4.78 is 0. The van der Waals surface area contributed by atoms with Gasteiger partial charge >= 0.3 is 0 Å². The van der Waals surface area contributed by atoms with Crippen LogP contribution < -0.4 is 0 Å². The average molecular weight is 178 g/mol. The Morgan fingerprint density at radius 1 is 1.40 bits per heavy atom. The van der Waals surface area contributed by atoms with Gasteiger partial charge in [0.15, 0.2) is 0 Å². The van der Waals surface area contributed by atoms with E-state index in [1.54, 1.807) is 0 Å². The van der Waals surface area contributed by atoms with Crippen LogP contribution in [-0.2, 0) is 4.79 Å². The van der Waals surface area contributed by atoms with Crippen LogP contribution in [-0.4, -0.2) is 17.3 Å². The van der Waals surface area contributed by atoms with Crippen molar-refractivity contribution in [3.8, 4) is 0 Å². The highest BCUT2D eigenvalue weighted by atomic mass is 32.1. The summed E-state index contributed by atoms with van der Waals surface area (Å²) in [6.07, 6.45) is 4.81. The zero-order valence-electron chi connectivity index (χ0n) is 5.99. The zero-order valence-corrected chi connectivity index (χ0v) is 7.78. The Labute approximate surface area is 73.4 Å². The SMILES string of the molecule is O=CCCCCC(S)CS. The molecule has 0 spiro atoms. The van der Waals surface area contributed by atoms with E-state index in [1.807, 2.05) is 0 Å². The third-order valence-corrected chi connectivity index (χ3v) is 2.49. The lowest BCUT2D eigenvalue weighted by atomic mass is 10.2. The summed E-state index contributed by atoms with van der Waals surface area (Å²) in [6, 6.07) is 0. The molecule has 0 N–H and O–H groups in total. The van der Waals surface area contributed by atoms with Gasteiger partial charge in [-0.15, -0.1) is 0 Å². The molecule has 0 saturated heterocycles. The first kappa shape index (κ1) is 10.4. The predicted molar refractivity (Wildman–Crippen MR) is 51.2 cm³/mol. The molecule has 1 nitrogen and oxygen atoms in total. The normalized spacial score (nSPS) is 13.0. The van der Waals surface area contributed by atoms with Gasteiger partial charge in [0, 0.05) is 17.4 Å². The van der Waals surface area contributed by atoms with Gasteiger partial charge in [0.1, 0.15) is 6.29 Å². The lowest BCUT2D eigenvalue weighted by Gasteiger charge is -2.04. The summed E-state index contributed by atoms with van der Waals surface area (Å²) in [4.78, 5) is 9.88. The minimum atomic E-state index is 0.398. The van der Waals surface area contributed by atoms with Crippen LogP contribution in [0, 0.1) is 0 Å². The molecule has 0 heterocycles. The summed E-state index contributed by atoms with van der Waals surface area (Å²) in [5.41, 5.74) is 0. The average Bonchev–Trinajstić information content (AvgIpc) is 1.98. The maximum absolute atomic E-state index is 9.88. The second-order valence-electron chi connectivity index (χ2n) is 2.29. The van der Waals surface area contributed by atoms with Gasteiger partial charge in [-0.05, 0) is 12.8 Å². The minimum Gasteiger partial charge on any atom is -0.303 e. The van der Waals surface area contributed by atoms with E-state index < -0.39 is 0 Å². The topological polar surface area (TPSA) is 17.1 Å². The van der Waals surface area contributed by atoms with E-state index in [0.29, 0.717) is 11.7 Å². The van der Waals surface area contributed by atoms with Crippen molar-refractivity contribution in [2.75, 3.05) is 5.75 Å².